The van der Waals surface area contributed by atoms with E-state index in [4.69, 9.17) is 0 Å². The van der Waals surface area contributed by atoms with Gasteiger partial charge in [-0.25, -0.2) is 8.78 Å². The van der Waals surface area contributed by atoms with Crippen LogP contribution in [-0.2, 0) is 6.54 Å². The molecule has 0 saturated heterocycles. The van der Waals surface area contributed by atoms with E-state index < -0.39 is 11.6 Å². The number of anilines is 1. The molecule has 0 atom stereocenters. The second-order valence-corrected chi connectivity index (χ2v) is 6.24. The predicted octanol–water partition coefficient (Wildman–Crippen LogP) is 4.65. The van der Waals surface area contributed by atoms with E-state index in [0.717, 1.165) is 18.5 Å². The first-order valence-corrected chi connectivity index (χ1v) is 7.85. The number of rotatable bonds is 4. The van der Waals surface area contributed by atoms with Gasteiger partial charge in [0.25, 0.3) is 0 Å². The molecular formula is C15H16BrF2N3. The average Bonchev–Trinajstić information content (AvgIpc) is 3.08. The highest BCUT2D eigenvalue weighted by Gasteiger charge is 2.17. The fourth-order valence-corrected chi connectivity index (χ4v) is 3.14. The highest BCUT2D eigenvalue weighted by Crippen LogP contribution is 2.29. The lowest BCUT2D eigenvalue weighted by Crippen LogP contribution is -2.08. The molecule has 0 radical (unpaired) electrons. The smallest absolute Gasteiger partial charge is 0.150 e. The standard InChI is InChI=1S/C15H16BrF2N3/c16-10-7-13(17)15(14(18)8-10)19-9-11-5-6-21(20-11)12-3-1-2-4-12/h5-8,12,19H,1-4,9H2. The van der Waals surface area contributed by atoms with Crippen molar-refractivity contribution in [2.75, 3.05) is 5.32 Å². The molecule has 2 aromatic rings. The average molecular weight is 356 g/mol. The summed E-state index contributed by atoms with van der Waals surface area (Å²) in [6.07, 6.45) is 6.75. The van der Waals surface area contributed by atoms with Crippen molar-refractivity contribution in [3.63, 3.8) is 0 Å². The minimum atomic E-state index is -0.614. The van der Waals surface area contributed by atoms with Gasteiger partial charge in [-0.3, -0.25) is 4.68 Å². The van der Waals surface area contributed by atoms with Crippen LogP contribution >= 0.6 is 15.9 Å². The van der Waals surface area contributed by atoms with Crippen LogP contribution in [0.5, 0.6) is 0 Å². The summed E-state index contributed by atoms with van der Waals surface area (Å²) < 4.78 is 29.8. The van der Waals surface area contributed by atoms with Crippen molar-refractivity contribution in [2.45, 2.75) is 38.3 Å². The molecule has 0 amide bonds. The fourth-order valence-electron chi connectivity index (χ4n) is 2.73. The number of nitrogens with one attached hydrogen (secondary N) is 1. The minimum Gasteiger partial charge on any atom is -0.375 e. The molecule has 3 rings (SSSR count). The summed E-state index contributed by atoms with van der Waals surface area (Å²) in [7, 11) is 0. The Labute approximate surface area is 130 Å². The van der Waals surface area contributed by atoms with Crippen molar-refractivity contribution in [3.8, 4) is 0 Å². The molecular weight excluding hydrogens is 340 g/mol. The van der Waals surface area contributed by atoms with Gasteiger partial charge in [-0.1, -0.05) is 28.8 Å². The Balaban J connectivity index is 1.68. The summed E-state index contributed by atoms with van der Waals surface area (Å²) in [6.45, 7) is 0.301. The van der Waals surface area contributed by atoms with Gasteiger partial charge in [0.15, 0.2) is 0 Å². The van der Waals surface area contributed by atoms with E-state index in [2.05, 4.69) is 26.3 Å². The lowest BCUT2D eigenvalue weighted by Gasteiger charge is -2.10. The van der Waals surface area contributed by atoms with Crippen molar-refractivity contribution in [1.82, 2.24) is 9.78 Å². The van der Waals surface area contributed by atoms with Gasteiger partial charge in [-0.2, -0.15) is 5.10 Å². The maximum atomic E-state index is 13.7. The van der Waals surface area contributed by atoms with Crippen LogP contribution in [0.1, 0.15) is 37.4 Å². The molecule has 1 aromatic heterocycles. The maximum Gasteiger partial charge on any atom is 0.150 e. The van der Waals surface area contributed by atoms with E-state index in [9.17, 15) is 8.78 Å². The summed E-state index contributed by atoms with van der Waals surface area (Å²) in [5.41, 5.74) is 0.664. The number of halogens is 3. The molecule has 0 aliphatic heterocycles. The Morgan fingerprint density at radius 3 is 2.57 bits per heavy atom. The zero-order valence-electron chi connectivity index (χ0n) is 11.5. The molecule has 1 fully saturated rings. The molecule has 21 heavy (non-hydrogen) atoms. The van der Waals surface area contributed by atoms with Crippen LogP contribution in [0.2, 0.25) is 0 Å². The van der Waals surface area contributed by atoms with Crippen molar-refractivity contribution in [3.05, 3.63) is 46.2 Å². The van der Waals surface area contributed by atoms with Crippen molar-refractivity contribution in [1.29, 1.82) is 0 Å². The van der Waals surface area contributed by atoms with Crippen molar-refractivity contribution in [2.24, 2.45) is 0 Å². The monoisotopic (exact) mass is 355 g/mol. The molecule has 1 aliphatic carbocycles. The second-order valence-electron chi connectivity index (χ2n) is 5.32. The number of benzene rings is 1. The predicted molar refractivity (Wildman–Crippen MR) is 81.1 cm³/mol. The van der Waals surface area contributed by atoms with E-state index in [1.54, 1.807) is 0 Å². The first-order chi connectivity index (χ1) is 10.1. The molecule has 6 heteroatoms. The molecule has 1 aliphatic rings. The molecule has 1 heterocycles. The van der Waals surface area contributed by atoms with Crippen LogP contribution in [0, 0.1) is 11.6 Å². The molecule has 0 bridgehead atoms. The van der Waals surface area contributed by atoms with Crippen LogP contribution in [0.15, 0.2) is 28.9 Å². The molecule has 1 saturated carbocycles. The Kier molecular flexibility index (Phi) is 4.24. The second kappa shape index (κ2) is 6.13. The molecule has 1 N–H and O–H groups in total. The third kappa shape index (κ3) is 3.26. The van der Waals surface area contributed by atoms with Crippen LogP contribution in [0.4, 0.5) is 14.5 Å². The summed E-state index contributed by atoms with van der Waals surface area (Å²) in [5.74, 6) is -1.23. The van der Waals surface area contributed by atoms with Crippen LogP contribution < -0.4 is 5.32 Å². The summed E-state index contributed by atoms with van der Waals surface area (Å²) in [4.78, 5) is 0. The molecule has 0 unspecified atom stereocenters. The SMILES string of the molecule is Fc1cc(Br)cc(F)c1NCc1ccn(C2CCCC2)n1. The van der Waals surface area contributed by atoms with Gasteiger partial charge in [0.05, 0.1) is 18.3 Å². The Morgan fingerprint density at radius 2 is 1.90 bits per heavy atom. The Hall–Kier alpha value is -1.43. The largest absolute Gasteiger partial charge is 0.375 e. The zero-order chi connectivity index (χ0) is 14.8. The summed E-state index contributed by atoms with van der Waals surface area (Å²) in [5, 5.41) is 7.27. The summed E-state index contributed by atoms with van der Waals surface area (Å²) >= 11 is 3.06. The third-order valence-corrected chi connectivity index (χ3v) is 4.27. The maximum absolute atomic E-state index is 13.7. The molecule has 3 nitrogen and oxygen atoms in total. The van der Waals surface area contributed by atoms with Crippen molar-refractivity contribution >= 4 is 21.6 Å². The van der Waals surface area contributed by atoms with Crippen LogP contribution in [0.3, 0.4) is 0 Å². The summed E-state index contributed by atoms with van der Waals surface area (Å²) in [6, 6.07) is 4.84. The number of aromatic nitrogens is 2. The number of nitrogens with zero attached hydrogens (tertiary/aromatic N) is 2. The van der Waals surface area contributed by atoms with E-state index in [0.29, 0.717) is 17.1 Å². The van der Waals surface area contributed by atoms with Gasteiger partial charge in [-0.15, -0.1) is 0 Å². The molecule has 1 aromatic carbocycles. The Morgan fingerprint density at radius 1 is 1.24 bits per heavy atom. The van der Waals surface area contributed by atoms with Crippen molar-refractivity contribution < 1.29 is 8.78 Å². The number of hydrogen-bond donors (Lipinski definition) is 1. The third-order valence-electron chi connectivity index (χ3n) is 3.82. The van der Waals surface area contributed by atoms with Gasteiger partial charge in [0.2, 0.25) is 0 Å². The van der Waals surface area contributed by atoms with E-state index in [1.807, 2.05) is 16.9 Å². The molecule has 0 spiro atoms. The molecule has 112 valence electrons. The highest BCUT2D eigenvalue weighted by molar-refractivity contribution is 9.10. The minimum absolute atomic E-state index is 0.117. The van der Waals surface area contributed by atoms with E-state index in [1.165, 1.54) is 25.0 Å². The van der Waals surface area contributed by atoms with Gasteiger partial charge in [0.1, 0.15) is 17.3 Å². The first kappa shape index (κ1) is 14.5. The normalized spacial score (nSPS) is 15.6. The quantitative estimate of drug-likeness (QED) is 0.864. The van der Waals surface area contributed by atoms with Gasteiger partial charge < -0.3 is 5.32 Å². The lowest BCUT2D eigenvalue weighted by atomic mass is 10.3. The van der Waals surface area contributed by atoms with E-state index in [-0.39, 0.29) is 5.69 Å². The fraction of sp³-hybridized carbons (Fsp3) is 0.400. The van der Waals surface area contributed by atoms with E-state index >= 15 is 0 Å². The van der Waals surface area contributed by atoms with Crippen LogP contribution in [-0.4, -0.2) is 9.78 Å². The van der Waals surface area contributed by atoms with Gasteiger partial charge in [0, 0.05) is 10.7 Å². The zero-order valence-corrected chi connectivity index (χ0v) is 13.0. The first-order valence-electron chi connectivity index (χ1n) is 7.06. The lowest BCUT2D eigenvalue weighted by molar-refractivity contribution is 0.463. The van der Waals surface area contributed by atoms with Gasteiger partial charge in [-0.05, 0) is 31.0 Å². The highest BCUT2D eigenvalue weighted by atomic mass is 79.9. The topological polar surface area (TPSA) is 29.9 Å². The van der Waals surface area contributed by atoms with Crippen LogP contribution in [0.25, 0.3) is 0 Å². The Bertz CT molecular complexity index is 613. The number of hydrogen-bond acceptors (Lipinski definition) is 2. The van der Waals surface area contributed by atoms with Gasteiger partial charge >= 0.3 is 0 Å².